The van der Waals surface area contributed by atoms with Gasteiger partial charge in [-0.2, -0.15) is 0 Å². The summed E-state index contributed by atoms with van der Waals surface area (Å²) in [5, 5.41) is 8.14. The average Bonchev–Trinajstić information content (AvgIpc) is 3.04. The van der Waals surface area contributed by atoms with E-state index in [2.05, 4.69) is 22.2 Å². The van der Waals surface area contributed by atoms with Gasteiger partial charge >= 0.3 is 5.69 Å². The van der Waals surface area contributed by atoms with E-state index in [1.165, 1.54) is 16.8 Å². The third kappa shape index (κ3) is 4.43. The zero-order valence-electron chi connectivity index (χ0n) is 13.9. The number of ether oxygens (including phenoxy) is 1. The van der Waals surface area contributed by atoms with Crippen molar-refractivity contribution in [2.45, 2.75) is 26.4 Å². The van der Waals surface area contributed by atoms with Crippen LogP contribution in [-0.4, -0.2) is 31.2 Å². The van der Waals surface area contributed by atoms with Crippen LogP contribution in [0.5, 0.6) is 5.75 Å². The Labute approximate surface area is 143 Å². The summed E-state index contributed by atoms with van der Waals surface area (Å²) in [6.45, 7) is 3.59. The van der Waals surface area contributed by atoms with Gasteiger partial charge in [-0.05, 0) is 24.1 Å². The molecule has 0 radical (unpaired) electrons. The molecule has 3 rings (SSSR count). The van der Waals surface area contributed by atoms with Crippen molar-refractivity contribution in [2.75, 3.05) is 6.61 Å². The molecule has 130 valence electrons. The van der Waals surface area contributed by atoms with Gasteiger partial charge in [0.2, 0.25) is 0 Å². The van der Waals surface area contributed by atoms with Crippen molar-refractivity contribution in [3.05, 3.63) is 74.8 Å². The van der Waals surface area contributed by atoms with E-state index in [1.807, 2.05) is 24.3 Å². The van der Waals surface area contributed by atoms with Gasteiger partial charge in [0.1, 0.15) is 11.4 Å². The third-order valence-corrected chi connectivity index (χ3v) is 3.56. The highest BCUT2D eigenvalue weighted by Crippen LogP contribution is 2.13. The molecule has 0 saturated heterocycles. The van der Waals surface area contributed by atoms with Gasteiger partial charge in [-0.3, -0.25) is 14.3 Å². The predicted octanol–water partition coefficient (Wildman–Crippen LogP) is 1.01. The second-order valence-corrected chi connectivity index (χ2v) is 5.64. The molecule has 2 heterocycles. The maximum Gasteiger partial charge on any atom is 0.328 e. The molecule has 0 spiro atoms. The van der Waals surface area contributed by atoms with E-state index >= 15 is 0 Å². The van der Waals surface area contributed by atoms with E-state index in [9.17, 15) is 9.59 Å². The fourth-order valence-electron chi connectivity index (χ4n) is 2.33. The van der Waals surface area contributed by atoms with E-state index < -0.39 is 11.2 Å². The molecule has 0 amide bonds. The lowest BCUT2D eigenvalue weighted by Gasteiger charge is -2.06. The Morgan fingerprint density at radius 2 is 1.92 bits per heavy atom. The van der Waals surface area contributed by atoms with Gasteiger partial charge in [0.05, 0.1) is 25.9 Å². The number of rotatable bonds is 7. The monoisotopic (exact) mass is 341 g/mol. The van der Waals surface area contributed by atoms with Crippen LogP contribution in [0.15, 0.2) is 52.3 Å². The molecule has 0 bridgehead atoms. The maximum atomic E-state index is 11.7. The Morgan fingerprint density at radius 3 is 2.64 bits per heavy atom. The van der Waals surface area contributed by atoms with Gasteiger partial charge in [-0.1, -0.05) is 24.3 Å². The maximum absolute atomic E-state index is 11.7. The van der Waals surface area contributed by atoms with Gasteiger partial charge in [-0.25, -0.2) is 9.48 Å². The first-order valence-corrected chi connectivity index (χ1v) is 8.04. The summed E-state index contributed by atoms with van der Waals surface area (Å²) in [5.41, 5.74) is 0.819. The second kappa shape index (κ2) is 7.61. The smallest absolute Gasteiger partial charge is 0.328 e. The molecule has 0 aliphatic carbocycles. The van der Waals surface area contributed by atoms with Gasteiger partial charge in [0.15, 0.2) is 0 Å². The van der Waals surface area contributed by atoms with Gasteiger partial charge in [0, 0.05) is 12.3 Å². The number of hydrogen-bond acceptors (Lipinski definition) is 5. The number of nitrogens with one attached hydrogen (secondary N) is 1. The number of H-pyrrole nitrogens is 1. The van der Waals surface area contributed by atoms with Crippen LogP contribution in [0.4, 0.5) is 0 Å². The minimum Gasteiger partial charge on any atom is -0.494 e. The van der Waals surface area contributed by atoms with Crippen molar-refractivity contribution >= 4 is 0 Å². The van der Waals surface area contributed by atoms with Crippen LogP contribution in [0.3, 0.4) is 0 Å². The van der Waals surface area contributed by atoms with Crippen LogP contribution >= 0.6 is 0 Å². The van der Waals surface area contributed by atoms with Crippen molar-refractivity contribution < 1.29 is 4.74 Å². The Bertz CT molecular complexity index is 940. The quantitative estimate of drug-likeness (QED) is 0.692. The van der Waals surface area contributed by atoms with Crippen molar-refractivity contribution in [3.8, 4) is 5.75 Å². The van der Waals surface area contributed by atoms with Gasteiger partial charge in [-0.15, -0.1) is 5.10 Å². The topological polar surface area (TPSA) is 94.8 Å². The van der Waals surface area contributed by atoms with E-state index in [1.54, 1.807) is 10.9 Å². The van der Waals surface area contributed by atoms with E-state index in [0.717, 1.165) is 17.7 Å². The fourth-order valence-corrected chi connectivity index (χ4v) is 2.33. The van der Waals surface area contributed by atoms with Crippen molar-refractivity contribution in [3.63, 3.8) is 0 Å². The summed E-state index contributed by atoms with van der Waals surface area (Å²) in [6.07, 6.45) is 4.19. The summed E-state index contributed by atoms with van der Waals surface area (Å²) in [7, 11) is 0. The number of aromatic nitrogens is 5. The minimum atomic E-state index is -0.468. The Morgan fingerprint density at radius 1 is 1.12 bits per heavy atom. The van der Waals surface area contributed by atoms with E-state index in [4.69, 9.17) is 4.74 Å². The van der Waals surface area contributed by atoms with Crippen LogP contribution in [0.1, 0.15) is 24.6 Å². The lowest BCUT2D eigenvalue weighted by Crippen LogP contribution is -2.28. The van der Waals surface area contributed by atoms with E-state index in [0.29, 0.717) is 18.8 Å². The highest BCUT2D eigenvalue weighted by Gasteiger charge is 2.05. The summed E-state index contributed by atoms with van der Waals surface area (Å²) in [4.78, 5) is 25.0. The second-order valence-electron chi connectivity index (χ2n) is 5.64. The zero-order valence-corrected chi connectivity index (χ0v) is 13.9. The molecule has 0 aliphatic heterocycles. The first-order valence-electron chi connectivity index (χ1n) is 8.04. The highest BCUT2D eigenvalue weighted by atomic mass is 16.5. The van der Waals surface area contributed by atoms with E-state index in [-0.39, 0.29) is 6.54 Å². The Kier molecular flexibility index (Phi) is 5.08. The normalized spacial score (nSPS) is 10.8. The minimum absolute atomic E-state index is 0.249. The van der Waals surface area contributed by atoms with Crippen LogP contribution in [0, 0.1) is 0 Å². The van der Waals surface area contributed by atoms with Crippen LogP contribution < -0.4 is 16.0 Å². The van der Waals surface area contributed by atoms with Crippen LogP contribution in [0.25, 0.3) is 0 Å². The Balaban J connectivity index is 1.65. The lowest BCUT2D eigenvalue weighted by molar-refractivity contribution is 0.317. The standard InChI is InChI=1S/C17H19N5O3/c1-2-9-25-15-5-3-13(4-6-15)10-22-12-14(19-20-22)11-21-8-7-16(23)18-17(21)24/h3-8,12H,2,9-11H2,1H3,(H,18,23,24). The molecule has 8 nitrogen and oxygen atoms in total. The first-order chi connectivity index (χ1) is 12.1. The predicted molar refractivity (Wildman–Crippen MR) is 91.8 cm³/mol. The molecular formula is C17H19N5O3. The summed E-state index contributed by atoms with van der Waals surface area (Å²) < 4.78 is 8.63. The highest BCUT2D eigenvalue weighted by molar-refractivity contribution is 5.27. The molecule has 3 aromatic rings. The lowest BCUT2D eigenvalue weighted by atomic mass is 10.2. The molecule has 0 aliphatic rings. The molecular weight excluding hydrogens is 322 g/mol. The van der Waals surface area contributed by atoms with Gasteiger partial charge < -0.3 is 4.74 Å². The molecule has 8 heteroatoms. The largest absolute Gasteiger partial charge is 0.494 e. The summed E-state index contributed by atoms with van der Waals surface area (Å²) >= 11 is 0. The van der Waals surface area contributed by atoms with Crippen LogP contribution in [-0.2, 0) is 13.1 Å². The van der Waals surface area contributed by atoms with Crippen LogP contribution in [0.2, 0.25) is 0 Å². The van der Waals surface area contributed by atoms with Crippen molar-refractivity contribution in [1.29, 1.82) is 0 Å². The number of hydrogen-bond donors (Lipinski definition) is 1. The molecule has 2 aromatic heterocycles. The number of benzene rings is 1. The average molecular weight is 341 g/mol. The van der Waals surface area contributed by atoms with Crippen molar-refractivity contribution in [2.24, 2.45) is 0 Å². The molecule has 1 aromatic carbocycles. The molecule has 0 unspecified atom stereocenters. The summed E-state index contributed by atoms with van der Waals surface area (Å²) in [6, 6.07) is 9.14. The van der Waals surface area contributed by atoms with Crippen molar-refractivity contribution in [1.82, 2.24) is 24.5 Å². The molecule has 1 N–H and O–H groups in total. The number of aromatic amines is 1. The fraction of sp³-hybridized carbons (Fsp3) is 0.294. The molecule has 0 atom stereocenters. The first kappa shape index (κ1) is 16.7. The van der Waals surface area contributed by atoms with Gasteiger partial charge in [0.25, 0.3) is 5.56 Å². The molecule has 25 heavy (non-hydrogen) atoms. The Hall–Kier alpha value is -3.16. The SMILES string of the molecule is CCCOc1ccc(Cn2cc(Cn3ccc(=O)[nH]c3=O)nn2)cc1. The number of nitrogens with zero attached hydrogens (tertiary/aromatic N) is 4. The molecule has 0 saturated carbocycles. The summed E-state index contributed by atoms with van der Waals surface area (Å²) in [5.74, 6) is 0.849. The zero-order chi connectivity index (χ0) is 17.6. The molecule has 0 fully saturated rings. The third-order valence-electron chi connectivity index (χ3n) is 3.56.